The highest BCUT2D eigenvalue weighted by atomic mass is 79.9. The second-order valence-corrected chi connectivity index (χ2v) is 5.61. The molecule has 1 aliphatic heterocycles. The van der Waals surface area contributed by atoms with Crippen LogP contribution in [0.15, 0.2) is 41.2 Å². The van der Waals surface area contributed by atoms with Gasteiger partial charge in [0.15, 0.2) is 5.82 Å². The highest BCUT2D eigenvalue weighted by molar-refractivity contribution is 9.08. The van der Waals surface area contributed by atoms with Crippen molar-refractivity contribution in [1.29, 1.82) is 0 Å². The molecule has 0 N–H and O–H groups in total. The minimum atomic E-state index is -0.515. The molecule has 0 spiro atoms. The van der Waals surface area contributed by atoms with Crippen molar-refractivity contribution in [3.8, 4) is 5.69 Å². The van der Waals surface area contributed by atoms with E-state index in [1.165, 1.54) is 16.7 Å². The van der Waals surface area contributed by atoms with E-state index in [2.05, 4.69) is 20.9 Å². The monoisotopic (exact) mass is 358 g/mol. The maximum Gasteiger partial charge on any atom is 0.266 e. The summed E-state index contributed by atoms with van der Waals surface area (Å²) in [7, 11) is 0. The van der Waals surface area contributed by atoms with Gasteiger partial charge in [-0.15, -0.1) is 0 Å². The van der Waals surface area contributed by atoms with Crippen LogP contribution in [0, 0.1) is 5.82 Å². The number of aromatic nitrogens is 2. The Labute approximate surface area is 132 Å². The summed E-state index contributed by atoms with van der Waals surface area (Å²) in [6.45, 7) is 0. The zero-order valence-electron chi connectivity index (χ0n) is 11.1. The van der Waals surface area contributed by atoms with Gasteiger partial charge in [0.1, 0.15) is 5.82 Å². The summed E-state index contributed by atoms with van der Waals surface area (Å²) in [6, 6.07) is 9.09. The first kappa shape index (κ1) is 13.3. The van der Waals surface area contributed by atoms with Crippen LogP contribution in [-0.2, 0) is 5.33 Å². The number of rotatable bonds is 1. The lowest BCUT2D eigenvalue weighted by molar-refractivity contribution is 0.103. The molecule has 4 nitrogen and oxygen atoms in total. The summed E-state index contributed by atoms with van der Waals surface area (Å²) in [6.07, 6.45) is 0. The summed E-state index contributed by atoms with van der Waals surface area (Å²) < 4.78 is 14.6. The molecule has 0 saturated carbocycles. The van der Waals surface area contributed by atoms with Crippen molar-refractivity contribution in [1.82, 2.24) is 9.55 Å². The Morgan fingerprint density at radius 3 is 2.73 bits per heavy atom. The van der Waals surface area contributed by atoms with Gasteiger partial charge in [-0.05, 0) is 35.9 Å². The van der Waals surface area contributed by atoms with E-state index < -0.39 is 11.6 Å². The van der Waals surface area contributed by atoms with Crippen molar-refractivity contribution >= 4 is 32.6 Å². The molecule has 0 unspecified atom stereocenters. The molecule has 2 heterocycles. The first-order valence-electron chi connectivity index (χ1n) is 6.56. The van der Waals surface area contributed by atoms with Crippen LogP contribution in [0.1, 0.15) is 21.7 Å². The van der Waals surface area contributed by atoms with Crippen molar-refractivity contribution in [2.24, 2.45) is 0 Å². The Hall–Kier alpha value is -2.34. The van der Waals surface area contributed by atoms with Crippen molar-refractivity contribution in [3.63, 3.8) is 0 Å². The molecule has 0 atom stereocenters. The van der Waals surface area contributed by atoms with E-state index in [-0.39, 0.29) is 16.9 Å². The van der Waals surface area contributed by atoms with E-state index >= 15 is 0 Å². The van der Waals surface area contributed by atoms with Gasteiger partial charge in [-0.3, -0.25) is 14.2 Å². The SMILES string of the molecule is O=C1c2cc(F)ccc2-n2c1nc1cc(CBr)ccc1c2=O. The normalized spacial score (nSPS) is 12.5. The second-order valence-electron chi connectivity index (χ2n) is 5.05. The topological polar surface area (TPSA) is 52.0 Å². The molecule has 1 aromatic heterocycles. The third-order valence-electron chi connectivity index (χ3n) is 3.74. The predicted octanol–water partition coefficient (Wildman–Crippen LogP) is 2.96. The summed E-state index contributed by atoms with van der Waals surface area (Å²) in [5.41, 5.74) is 1.65. The van der Waals surface area contributed by atoms with Crippen molar-refractivity contribution in [2.45, 2.75) is 5.33 Å². The summed E-state index contributed by atoms with van der Waals surface area (Å²) in [5, 5.41) is 1.06. The van der Waals surface area contributed by atoms with Gasteiger partial charge < -0.3 is 0 Å². The molecule has 0 amide bonds. The Morgan fingerprint density at radius 1 is 1.14 bits per heavy atom. The average Bonchev–Trinajstić information content (AvgIpc) is 2.80. The Morgan fingerprint density at radius 2 is 1.95 bits per heavy atom. The molecular formula is C16H8BrFN2O2. The third-order valence-corrected chi connectivity index (χ3v) is 4.38. The van der Waals surface area contributed by atoms with E-state index in [4.69, 9.17) is 0 Å². The first-order chi connectivity index (χ1) is 10.6. The number of hydrogen-bond acceptors (Lipinski definition) is 3. The third kappa shape index (κ3) is 1.70. The molecule has 3 aromatic rings. The smallest absolute Gasteiger partial charge is 0.266 e. The fourth-order valence-corrected chi connectivity index (χ4v) is 3.04. The molecule has 0 fully saturated rings. The Kier molecular flexibility index (Phi) is 2.77. The van der Waals surface area contributed by atoms with Gasteiger partial charge >= 0.3 is 0 Å². The van der Waals surface area contributed by atoms with Crippen molar-refractivity contribution < 1.29 is 9.18 Å². The molecule has 6 heteroatoms. The lowest BCUT2D eigenvalue weighted by atomic mass is 10.1. The van der Waals surface area contributed by atoms with E-state index in [1.807, 2.05) is 6.07 Å². The average molecular weight is 359 g/mol. The van der Waals surface area contributed by atoms with Gasteiger partial charge in [0.25, 0.3) is 5.56 Å². The van der Waals surface area contributed by atoms with Crippen molar-refractivity contribution in [2.75, 3.05) is 0 Å². The summed E-state index contributed by atoms with van der Waals surface area (Å²) >= 11 is 3.35. The Balaban J connectivity index is 2.11. The summed E-state index contributed by atoms with van der Waals surface area (Å²) in [5.74, 6) is -0.915. The van der Waals surface area contributed by atoms with E-state index in [9.17, 15) is 14.0 Å². The number of hydrogen-bond donors (Lipinski definition) is 0. The zero-order valence-corrected chi connectivity index (χ0v) is 12.7. The fraction of sp³-hybridized carbons (Fsp3) is 0.0625. The highest BCUT2D eigenvalue weighted by Gasteiger charge is 2.30. The molecule has 0 saturated heterocycles. The number of nitrogens with zero attached hydrogens (tertiary/aromatic N) is 2. The Bertz CT molecular complexity index is 1030. The molecular weight excluding hydrogens is 351 g/mol. The number of carbonyl (C=O) groups excluding carboxylic acids is 1. The highest BCUT2D eigenvalue weighted by Crippen LogP contribution is 2.27. The molecule has 1 aliphatic rings. The van der Waals surface area contributed by atoms with Crippen LogP contribution in [0.4, 0.5) is 4.39 Å². The minimum Gasteiger partial charge on any atom is -0.285 e. The quantitative estimate of drug-likeness (QED) is 0.491. The molecule has 4 rings (SSSR count). The second kappa shape index (κ2) is 4.58. The first-order valence-corrected chi connectivity index (χ1v) is 7.68. The van der Waals surface area contributed by atoms with Gasteiger partial charge in [-0.1, -0.05) is 22.0 Å². The number of fused-ring (bicyclic) bond motifs is 4. The van der Waals surface area contributed by atoms with Gasteiger partial charge in [-0.25, -0.2) is 9.37 Å². The van der Waals surface area contributed by atoms with Crippen molar-refractivity contribution in [3.05, 3.63) is 69.5 Å². The molecule has 108 valence electrons. The van der Waals surface area contributed by atoms with E-state index in [0.29, 0.717) is 21.9 Å². The predicted molar refractivity (Wildman–Crippen MR) is 83.4 cm³/mol. The maximum atomic E-state index is 13.4. The molecule has 0 aliphatic carbocycles. The fourth-order valence-electron chi connectivity index (χ4n) is 2.70. The largest absolute Gasteiger partial charge is 0.285 e. The van der Waals surface area contributed by atoms with Crippen LogP contribution in [0.5, 0.6) is 0 Å². The van der Waals surface area contributed by atoms with Crippen LogP contribution >= 0.6 is 15.9 Å². The lowest BCUT2D eigenvalue weighted by Gasteiger charge is -2.06. The minimum absolute atomic E-state index is 0.0322. The van der Waals surface area contributed by atoms with E-state index in [0.717, 1.165) is 11.6 Å². The number of halogens is 2. The van der Waals surface area contributed by atoms with Crippen LogP contribution in [0.3, 0.4) is 0 Å². The molecule has 0 bridgehead atoms. The lowest BCUT2D eigenvalue weighted by Crippen LogP contribution is -2.21. The summed E-state index contributed by atoms with van der Waals surface area (Å²) in [4.78, 5) is 29.4. The molecule has 2 aromatic carbocycles. The number of alkyl halides is 1. The van der Waals surface area contributed by atoms with Gasteiger partial charge in [0.2, 0.25) is 5.78 Å². The van der Waals surface area contributed by atoms with Crippen LogP contribution in [0.25, 0.3) is 16.6 Å². The number of carbonyl (C=O) groups is 1. The van der Waals surface area contributed by atoms with Gasteiger partial charge in [-0.2, -0.15) is 0 Å². The number of ketones is 1. The zero-order chi connectivity index (χ0) is 15.4. The van der Waals surface area contributed by atoms with Crippen LogP contribution in [-0.4, -0.2) is 15.3 Å². The molecule has 22 heavy (non-hydrogen) atoms. The van der Waals surface area contributed by atoms with Gasteiger partial charge in [0, 0.05) is 5.33 Å². The maximum absolute atomic E-state index is 13.4. The van der Waals surface area contributed by atoms with Crippen LogP contribution in [0.2, 0.25) is 0 Å². The number of benzene rings is 2. The molecule has 0 radical (unpaired) electrons. The van der Waals surface area contributed by atoms with Crippen LogP contribution < -0.4 is 5.56 Å². The van der Waals surface area contributed by atoms with Gasteiger partial charge in [0.05, 0.1) is 22.2 Å². The van der Waals surface area contributed by atoms with E-state index in [1.54, 1.807) is 12.1 Å². The standard InChI is InChI=1S/C16H8BrFN2O2/c17-7-8-1-3-10-12(5-8)19-15-14(21)11-6-9(18)2-4-13(11)20(15)16(10)22/h1-6H,7H2.